The molecule has 86 valence electrons. The highest BCUT2D eigenvalue weighted by Gasteiger charge is 2.04. The van der Waals surface area contributed by atoms with Crippen LogP contribution in [0.3, 0.4) is 0 Å². The van der Waals surface area contributed by atoms with Crippen molar-refractivity contribution in [1.29, 1.82) is 0 Å². The van der Waals surface area contributed by atoms with E-state index in [-0.39, 0.29) is 0 Å². The second-order valence-electron chi connectivity index (χ2n) is 3.24. The summed E-state index contributed by atoms with van der Waals surface area (Å²) in [5.74, 6) is 0.579. The van der Waals surface area contributed by atoms with Crippen molar-refractivity contribution >= 4 is 17.9 Å². The second kappa shape index (κ2) is 5.25. The van der Waals surface area contributed by atoms with Crippen molar-refractivity contribution in [3.8, 4) is 0 Å². The molecule has 0 amide bonds. The number of carbonyl (C=O) groups is 1. The van der Waals surface area contributed by atoms with E-state index in [0.717, 1.165) is 5.69 Å². The van der Waals surface area contributed by atoms with Gasteiger partial charge in [-0.15, -0.1) is 0 Å². The van der Waals surface area contributed by atoms with Crippen molar-refractivity contribution in [1.82, 2.24) is 9.97 Å². The number of nitrogen functional groups attached to an aromatic ring is 1. The van der Waals surface area contributed by atoms with Crippen molar-refractivity contribution in [2.45, 2.75) is 20.8 Å². The Balaban J connectivity index is 2.93. The molecule has 16 heavy (non-hydrogen) atoms. The minimum Gasteiger partial charge on any atom is -0.463 e. The molecular formula is C11H15N3O2. The van der Waals surface area contributed by atoms with Crippen molar-refractivity contribution in [3.63, 3.8) is 0 Å². The first kappa shape index (κ1) is 12.2. The molecule has 0 fully saturated rings. The van der Waals surface area contributed by atoms with Gasteiger partial charge in [0.25, 0.3) is 0 Å². The third-order valence-corrected chi connectivity index (χ3v) is 1.95. The molecule has 1 aromatic heterocycles. The summed E-state index contributed by atoms with van der Waals surface area (Å²) in [5.41, 5.74) is 7.12. The number of carbonyl (C=O) groups excluding carboxylic acids is 1. The third kappa shape index (κ3) is 3.05. The van der Waals surface area contributed by atoms with Crippen LogP contribution in [0.4, 0.5) is 5.82 Å². The Morgan fingerprint density at radius 3 is 2.69 bits per heavy atom. The first-order valence-electron chi connectivity index (χ1n) is 5.00. The van der Waals surface area contributed by atoms with Crippen LogP contribution < -0.4 is 5.73 Å². The molecule has 1 heterocycles. The fourth-order valence-corrected chi connectivity index (χ4v) is 1.30. The average molecular weight is 221 g/mol. The topological polar surface area (TPSA) is 78.1 Å². The van der Waals surface area contributed by atoms with Gasteiger partial charge in [0.1, 0.15) is 11.6 Å². The number of ether oxygens (including phenoxy) is 1. The van der Waals surface area contributed by atoms with Crippen molar-refractivity contribution < 1.29 is 9.53 Å². The van der Waals surface area contributed by atoms with Crippen molar-refractivity contribution in [2.24, 2.45) is 0 Å². The number of hydrogen-bond acceptors (Lipinski definition) is 5. The van der Waals surface area contributed by atoms with E-state index in [0.29, 0.717) is 23.8 Å². The summed E-state index contributed by atoms with van der Waals surface area (Å²) in [6, 6.07) is 0. The van der Waals surface area contributed by atoms with Gasteiger partial charge in [0.15, 0.2) is 0 Å². The molecule has 0 saturated heterocycles. The van der Waals surface area contributed by atoms with Crippen LogP contribution in [0.25, 0.3) is 6.08 Å². The molecule has 0 saturated carbocycles. The van der Waals surface area contributed by atoms with Crippen LogP contribution in [0.15, 0.2) is 6.08 Å². The van der Waals surface area contributed by atoms with E-state index in [1.807, 2.05) is 6.92 Å². The molecule has 0 unspecified atom stereocenters. The number of rotatable bonds is 3. The molecule has 2 N–H and O–H groups in total. The Morgan fingerprint density at radius 2 is 2.12 bits per heavy atom. The fourth-order valence-electron chi connectivity index (χ4n) is 1.30. The zero-order chi connectivity index (χ0) is 12.1. The summed E-state index contributed by atoms with van der Waals surface area (Å²) in [7, 11) is 0. The van der Waals surface area contributed by atoms with Crippen LogP contribution in [0.2, 0.25) is 0 Å². The normalized spacial score (nSPS) is 10.7. The number of nitrogens with zero attached hydrogens (tertiary/aromatic N) is 2. The van der Waals surface area contributed by atoms with E-state index in [1.165, 1.54) is 6.08 Å². The molecule has 5 heteroatoms. The monoisotopic (exact) mass is 221 g/mol. The second-order valence-corrected chi connectivity index (χ2v) is 3.24. The highest BCUT2D eigenvalue weighted by Crippen LogP contribution is 2.14. The van der Waals surface area contributed by atoms with Gasteiger partial charge in [-0.1, -0.05) is 0 Å². The van der Waals surface area contributed by atoms with E-state index in [1.54, 1.807) is 19.9 Å². The molecule has 1 rings (SSSR count). The van der Waals surface area contributed by atoms with Gasteiger partial charge in [-0.2, -0.15) is 0 Å². The van der Waals surface area contributed by atoms with E-state index >= 15 is 0 Å². The Hall–Kier alpha value is -1.91. The smallest absolute Gasteiger partial charge is 0.330 e. The average Bonchev–Trinajstić information content (AvgIpc) is 2.16. The number of esters is 1. The molecule has 0 spiro atoms. The molecule has 0 radical (unpaired) electrons. The van der Waals surface area contributed by atoms with Crippen LogP contribution in [0.1, 0.15) is 24.0 Å². The molecule has 1 aromatic rings. The summed E-state index contributed by atoms with van der Waals surface area (Å²) >= 11 is 0. The minimum absolute atomic E-state index is 0.349. The lowest BCUT2D eigenvalue weighted by Crippen LogP contribution is -2.03. The molecule has 5 nitrogen and oxygen atoms in total. The minimum atomic E-state index is -0.401. The van der Waals surface area contributed by atoms with E-state index in [2.05, 4.69) is 9.97 Å². The van der Waals surface area contributed by atoms with Gasteiger partial charge in [-0.3, -0.25) is 0 Å². The Kier molecular flexibility index (Phi) is 3.99. The quantitative estimate of drug-likeness (QED) is 0.614. The van der Waals surface area contributed by atoms with Gasteiger partial charge in [0.05, 0.1) is 12.3 Å². The molecule has 0 aromatic carbocycles. The largest absolute Gasteiger partial charge is 0.463 e. The van der Waals surface area contributed by atoms with E-state index < -0.39 is 5.97 Å². The third-order valence-electron chi connectivity index (χ3n) is 1.95. The van der Waals surface area contributed by atoms with Gasteiger partial charge in [0, 0.05) is 11.6 Å². The maximum Gasteiger partial charge on any atom is 0.330 e. The fraction of sp³-hybridized carbons (Fsp3) is 0.364. The number of hydrogen-bond donors (Lipinski definition) is 1. The molecule has 0 aliphatic rings. The van der Waals surface area contributed by atoms with Crippen LogP contribution in [0, 0.1) is 13.8 Å². The Morgan fingerprint density at radius 1 is 1.44 bits per heavy atom. The van der Waals surface area contributed by atoms with E-state index in [4.69, 9.17) is 10.5 Å². The van der Waals surface area contributed by atoms with Gasteiger partial charge >= 0.3 is 5.97 Å². The Labute approximate surface area is 94.4 Å². The lowest BCUT2D eigenvalue weighted by atomic mass is 10.2. The van der Waals surface area contributed by atoms with Crippen LogP contribution >= 0.6 is 0 Å². The first-order valence-corrected chi connectivity index (χ1v) is 5.00. The maximum absolute atomic E-state index is 11.1. The number of anilines is 1. The van der Waals surface area contributed by atoms with Gasteiger partial charge in [0.2, 0.25) is 0 Å². The van der Waals surface area contributed by atoms with Crippen molar-refractivity contribution in [3.05, 3.63) is 23.2 Å². The Bertz CT molecular complexity index is 404. The van der Waals surface area contributed by atoms with Gasteiger partial charge in [-0.25, -0.2) is 14.8 Å². The van der Waals surface area contributed by atoms with Crippen LogP contribution in [0.5, 0.6) is 0 Å². The highest BCUT2D eigenvalue weighted by atomic mass is 16.5. The zero-order valence-corrected chi connectivity index (χ0v) is 9.65. The predicted molar refractivity (Wildman–Crippen MR) is 61.6 cm³/mol. The standard InChI is InChI=1S/C11H15N3O2/c1-4-16-10(15)6-5-9-7(2)13-8(3)14-11(9)12/h5-6H,4H2,1-3H3,(H2,12,13,14)/b6-5+. The first-order chi connectivity index (χ1) is 7.54. The van der Waals surface area contributed by atoms with Crippen LogP contribution in [-0.2, 0) is 9.53 Å². The van der Waals surface area contributed by atoms with Crippen molar-refractivity contribution in [2.75, 3.05) is 12.3 Å². The number of aryl methyl sites for hydroxylation is 2. The SMILES string of the molecule is CCOC(=O)/C=C/c1c(C)nc(C)nc1N. The summed E-state index contributed by atoms with van der Waals surface area (Å²) in [6.45, 7) is 5.68. The predicted octanol–water partition coefficient (Wildman–Crippen LogP) is 1.25. The molecule has 0 atom stereocenters. The highest BCUT2D eigenvalue weighted by molar-refractivity contribution is 5.88. The number of aromatic nitrogens is 2. The summed E-state index contributed by atoms with van der Waals surface area (Å²) in [4.78, 5) is 19.3. The lowest BCUT2D eigenvalue weighted by molar-refractivity contribution is -0.137. The maximum atomic E-state index is 11.1. The van der Waals surface area contributed by atoms with Crippen LogP contribution in [-0.4, -0.2) is 22.5 Å². The summed E-state index contributed by atoms with van der Waals surface area (Å²) in [5, 5.41) is 0. The van der Waals surface area contributed by atoms with Gasteiger partial charge < -0.3 is 10.5 Å². The zero-order valence-electron chi connectivity index (χ0n) is 9.65. The summed E-state index contributed by atoms with van der Waals surface area (Å²) < 4.78 is 4.76. The summed E-state index contributed by atoms with van der Waals surface area (Å²) in [6.07, 6.45) is 2.89. The molecule has 0 aliphatic carbocycles. The molecule has 0 aliphatic heterocycles. The molecule has 0 bridgehead atoms. The van der Waals surface area contributed by atoms with E-state index in [9.17, 15) is 4.79 Å². The molecular weight excluding hydrogens is 206 g/mol. The van der Waals surface area contributed by atoms with Gasteiger partial charge in [-0.05, 0) is 26.8 Å². The number of nitrogens with two attached hydrogens (primary N) is 1. The lowest BCUT2D eigenvalue weighted by Gasteiger charge is -2.04.